The van der Waals surface area contributed by atoms with Crippen molar-refractivity contribution in [2.24, 2.45) is 5.41 Å². The van der Waals surface area contributed by atoms with E-state index in [0.29, 0.717) is 4.47 Å². The molecule has 0 unspecified atom stereocenters. The van der Waals surface area contributed by atoms with Crippen molar-refractivity contribution < 1.29 is 29.4 Å². The number of amides is 3. The van der Waals surface area contributed by atoms with Crippen LogP contribution in [-0.4, -0.2) is 28.2 Å². The molecule has 4 N–H and O–H groups in total. The first-order chi connectivity index (χ1) is 14.1. The van der Waals surface area contributed by atoms with Crippen molar-refractivity contribution in [1.29, 1.82) is 0 Å². The summed E-state index contributed by atoms with van der Waals surface area (Å²) in [5.41, 5.74) is 0.987. The topological polar surface area (TPSA) is 125 Å². The van der Waals surface area contributed by atoms with Gasteiger partial charge in [0, 0.05) is 27.1 Å². The Balaban J connectivity index is 2.32. The summed E-state index contributed by atoms with van der Waals surface area (Å²) >= 11 is 3.31. The molecular weight excluding hydrogens is 456 g/mol. The first-order valence-corrected chi connectivity index (χ1v) is 9.62. The number of ether oxygens (including phenoxy) is 1. The average molecular weight is 477 g/mol. The molecular formula is C21H21BrN2O6. The Hall–Kier alpha value is -3.17. The Bertz CT molecular complexity index is 959. The van der Waals surface area contributed by atoms with Crippen molar-refractivity contribution in [2.75, 3.05) is 0 Å². The number of benzene rings is 2. The fraction of sp³-hybridized carbons (Fsp3) is 0.190. The number of nitrogens with one attached hydrogen (secondary N) is 2. The molecule has 0 aliphatic carbocycles. The minimum absolute atomic E-state index is 0.140. The summed E-state index contributed by atoms with van der Waals surface area (Å²) in [5.74, 6) is -1.56. The van der Waals surface area contributed by atoms with Gasteiger partial charge in [0.15, 0.2) is 0 Å². The number of halogens is 1. The highest BCUT2D eigenvalue weighted by Gasteiger charge is 2.35. The quantitative estimate of drug-likeness (QED) is 0.285. The van der Waals surface area contributed by atoms with Crippen LogP contribution in [0.4, 0.5) is 4.79 Å². The van der Waals surface area contributed by atoms with Crippen LogP contribution in [0.25, 0.3) is 0 Å². The fourth-order valence-corrected chi connectivity index (χ4v) is 3.04. The molecule has 0 saturated carbocycles. The number of phenolic OH excluding ortho intramolecular Hbond substituents is 1. The van der Waals surface area contributed by atoms with Gasteiger partial charge in [0.25, 0.3) is 11.8 Å². The van der Waals surface area contributed by atoms with Crippen molar-refractivity contribution in [1.82, 2.24) is 10.8 Å². The maximum Gasteiger partial charge on any atom is 0.414 e. The van der Waals surface area contributed by atoms with Gasteiger partial charge in [0.05, 0.1) is 0 Å². The van der Waals surface area contributed by atoms with E-state index in [-0.39, 0.29) is 16.9 Å². The molecule has 1 atom stereocenters. The van der Waals surface area contributed by atoms with Crippen LogP contribution in [0.1, 0.15) is 35.9 Å². The number of alkyl carbamates (subject to hydrolysis) is 1. The van der Waals surface area contributed by atoms with Crippen molar-refractivity contribution in [2.45, 2.75) is 20.0 Å². The van der Waals surface area contributed by atoms with E-state index in [1.165, 1.54) is 17.6 Å². The number of rotatable bonds is 6. The third kappa shape index (κ3) is 6.16. The van der Waals surface area contributed by atoms with Gasteiger partial charge in [0.2, 0.25) is 0 Å². The van der Waals surface area contributed by atoms with Gasteiger partial charge in [-0.1, -0.05) is 54.1 Å². The molecule has 0 heterocycles. The van der Waals surface area contributed by atoms with Crippen LogP contribution < -0.4 is 10.8 Å². The van der Waals surface area contributed by atoms with Gasteiger partial charge in [-0.2, -0.15) is 0 Å². The second kappa shape index (κ2) is 10.0. The van der Waals surface area contributed by atoms with Gasteiger partial charge in [-0.05, 0) is 30.3 Å². The van der Waals surface area contributed by atoms with Crippen molar-refractivity contribution in [3.63, 3.8) is 0 Å². The fourth-order valence-electron chi connectivity index (χ4n) is 2.66. The summed E-state index contributed by atoms with van der Waals surface area (Å²) in [5, 5.41) is 21.2. The standard InChI is InChI=1S/C21H21BrN2O6/c1-21(2,11-10-17(26)24-29)18(15-12-14(22)8-9-16(15)25)30-20(28)23-19(27)13-6-4-3-5-7-13/h3-12,18,25,29H,1-2H3,(H,24,26)(H,23,27,28)/b11-10+/t18-/m0/s1. The summed E-state index contributed by atoms with van der Waals surface area (Å²) in [6.45, 7) is 3.32. The van der Waals surface area contributed by atoms with E-state index in [4.69, 9.17) is 9.94 Å². The first kappa shape index (κ1) is 23.1. The largest absolute Gasteiger partial charge is 0.508 e. The van der Waals surface area contributed by atoms with Crippen LogP contribution in [0.3, 0.4) is 0 Å². The number of hydroxylamine groups is 1. The molecule has 0 bridgehead atoms. The zero-order chi connectivity index (χ0) is 22.3. The van der Waals surface area contributed by atoms with Crippen molar-refractivity contribution >= 4 is 33.8 Å². The third-order valence-electron chi connectivity index (χ3n) is 4.20. The number of carbonyl (C=O) groups excluding carboxylic acids is 3. The lowest BCUT2D eigenvalue weighted by atomic mass is 9.81. The maximum atomic E-state index is 12.5. The minimum atomic E-state index is -1.08. The van der Waals surface area contributed by atoms with Crippen LogP contribution in [0.2, 0.25) is 0 Å². The molecule has 9 heteroatoms. The molecule has 3 amide bonds. The molecule has 0 spiro atoms. The highest BCUT2D eigenvalue weighted by Crippen LogP contribution is 2.42. The number of hydrogen-bond acceptors (Lipinski definition) is 6. The molecule has 0 fully saturated rings. The monoisotopic (exact) mass is 476 g/mol. The first-order valence-electron chi connectivity index (χ1n) is 8.83. The van der Waals surface area contributed by atoms with Gasteiger partial charge in [0.1, 0.15) is 11.9 Å². The molecule has 0 saturated heterocycles. The van der Waals surface area contributed by atoms with Crippen LogP contribution in [-0.2, 0) is 9.53 Å². The highest BCUT2D eigenvalue weighted by molar-refractivity contribution is 9.10. The normalized spacial score (nSPS) is 12.3. The summed E-state index contributed by atoms with van der Waals surface area (Å²) < 4.78 is 6.12. The third-order valence-corrected chi connectivity index (χ3v) is 4.69. The molecule has 2 aromatic rings. The van der Waals surface area contributed by atoms with Crippen LogP contribution >= 0.6 is 15.9 Å². The Morgan fingerprint density at radius 3 is 2.43 bits per heavy atom. The second-order valence-corrected chi connectivity index (χ2v) is 7.86. The van der Waals surface area contributed by atoms with E-state index < -0.39 is 29.4 Å². The average Bonchev–Trinajstić information content (AvgIpc) is 2.72. The Morgan fingerprint density at radius 1 is 1.13 bits per heavy atom. The van der Waals surface area contributed by atoms with E-state index in [1.807, 2.05) is 0 Å². The molecule has 0 aromatic heterocycles. The summed E-state index contributed by atoms with van der Waals surface area (Å²) in [6.07, 6.45) is 0.372. The summed E-state index contributed by atoms with van der Waals surface area (Å²) in [7, 11) is 0. The lowest BCUT2D eigenvalue weighted by Crippen LogP contribution is -2.35. The zero-order valence-corrected chi connectivity index (χ0v) is 17.8. The van der Waals surface area contributed by atoms with E-state index in [9.17, 15) is 19.5 Å². The van der Waals surface area contributed by atoms with Gasteiger partial charge < -0.3 is 9.84 Å². The van der Waals surface area contributed by atoms with Gasteiger partial charge in [-0.15, -0.1) is 0 Å². The molecule has 0 aliphatic rings. The number of aromatic hydroxyl groups is 1. The van der Waals surface area contributed by atoms with Crippen LogP contribution in [0.15, 0.2) is 65.2 Å². The van der Waals surface area contributed by atoms with E-state index in [1.54, 1.807) is 56.3 Å². The number of carbonyl (C=O) groups is 3. The zero-order valence-electron chi connectivity index (χ0n) is 16.3. The molecule has 0 radical (unpaired) electrons. The minimum Gasteiger partial charge on any atom is -0.508 e. The van der Waals surface area contributed by atoms with Gasteiger partial charge in [-0.25, -0.2) is 10.3 Å². The lowest BCUT2D eigenvalue weighted by Gasteiger charge is -2.32. The molecule has 2 aromatic carbocycles. The number of hydrogen-bond donors (Lipinski definition) is 4. The van der Waals surface area contributed by atoms with Gasteiger partial charge in [-0.3, -0.25) is 20.1 Å². The Labute approximate surface area is 181 Å². The van der Waals surface area contributed by atoms with Crippen molar-refractivity contribution in [3.8, 4) is 5.75 Å². The summed E-state index contributed by atoms with van der Waals surface area (Å²) in [4.78, 5) is 36.1. The van der Waals surface area contributed by atoms with E-state index >= 15 is 0 Å². The number of imide groups is 1. The van der Waals surface area contributed by atoms with Crippen molar-refractivity contribution in [3.05, 3.63) is 76.3 Å². The smallest absolute Gasteiger partial charge is 0.414 e. The van der Waals surface area contributed by atoms with Crippen LogP contribution in [0.5, 0.6) is 5.75 Å². The molecule has 158 valence electrons. The Morgan fingerprint density at radius 2 is 1.80 bits per heavy atom. The van der Waals surface area contributed by atoms with Gasteiger partial charge >= 0.3 is 6.09 Å². The predicted molar refractivity (Wildman–Crippen MR) is 112 cm³/mol. The highest BCUT2D eigenvalue weighted by atomic mass is 79.9. The molecule has 30 heavy (non-hydrogen) atoms. The molecule has 0 aliphatic heterocycles. The Kier molecular flexibility index (Phi) is 7.73. The van der Waals surface area contributed by atoms with Crippen LogP contribution in [0, 0.1) is 5.41 Å². The van der Waals surface area contributed by atoms with E-state index in [2.05, 4.69) is 21.2 Å². The SMILES string of the molecule is CC(C)(/C=C/C(=O)NO)[C@@H](OC(=O)NC(=O)c1ccccc1)c1cc(Br)ccc1O. The van der Waals surface area contributed by atoms with E-state index in [0.717, 1.165) is 6.08 Å². The second-order valence-electron chi connectivity index (χ2n) is 6.94. The lowest BCUT2D eigenvalue weighted by molar-refractivity contribution is -0.124. The predicted octanol–water partition coefficient (Wildman–Crippen LogP) is 3.85. The number of phenols is 1. The molecule has 8 nitrogen and oxygen atoms in total. The molecule has 2 rings (SSSR count). The maximum absolute atomic E-state index is 12.5. The summed E-state index contributed by atoms with van der Waals surface area (Å²) in [6, 6.07) is 12.7.